The molecule has 0 bridgehead atoms. The van der Waals surface area contributed by atoms with E-state index in [4.69, 9.17) is 13.9 Å². The Morgan fingerprint density at radius 2 is 2.04 bits per heavy atom. The Hall–Kier alpha value is -2.23. The van der Waals surface area contributed by atoms with Crippen molar-refractivity contribution in [2.45, 2.75) is 45.6 Å². The molecular formula is C19H29N5O4. The Kier molecular flexibility index (Phi) is 7.58. The van der Waals surface area contributed by atoms with Gasteiger partial charge in [0.15, 0.2) is 12.0 Å². The van der Waals surface area contributed by atoms with Crippen LogP contribution in [0.5, 0.6) is 0 Å². The molecule has 0 aromatic carbocycles. The third-order valence-electron chi connectivity index (χ3n) is 4.72. The number of ether oxygens (including phenoxy) is 2. The topological polar surface area (TPSA) is 94.7 Å². The predicted molar refractivity (Wildman–Crippen MR) is 102 cm³/mol. The molecule has 0 aliphatic carbocycles. The number of furan rings is 1. The summed E-state index contributed by atoms with van der Waals surface area (Å²) in [6, 6.07) is 3.85. The number of rotatable bonds is 11. The van der Waals surface area contributed by atoms with Gasteiger partial charge in [0.25, 0.3) is 5.91 Å². The average Bonchev–Trinajstić information content (AvgIpc) is 3.45. The first-order valence-corrected chi connectivity index (χ1v) is 9.90. The van der Waals surface area contributed by atoms with Gasteiger partial charge in [-0.25, -0.2) is 4.68 Å². The van der Waals surface area contributed by atoms with Crippen LogP contribution in [-0.2, 0) is 16.0 Å². The van der Waals surface area contributed by atoms with E-state index in [0.29, 0.717) is 26.3 Å². The second kappa shape index (κ2) is 10.4. The first-order valence-electron chi connectivity index (χ1n) is 9.90. The van der Waals surface area contributed by atoms with Gasteiger partial charge in [-0.2, -0.15) is 0 Å². The highest BCUT2D eigenvalue weighted by atomic mass is 16.7. The lowest BCUT2D eigenvalue weighted by molar-refractivity contribution is -0.145. The fourth-order valence-corrected chi connectivity index (χ4v) is 3.39. The second-order valence-electron chi connectivity index (χ2n) is 6.65. The average molecular weight is 391 g/mol. The standard InChI is InChI=1S/C19H29N5O4/c1-3-26-18(27-4-2)14-24-13-15(21-22-24)19(25)20-12-16(17-8-7-11-28-17)23-9-5-6-10-23/h7-8,11,13,16,18H,3-6,9-10,12,14H2,1-2H3,(H,20,25). The molecule has 1 unspecified atom stereocenters. The molecule has 2 aromatic rings. The van der Waals surface area contributed by atoms with Crippen molar-refractivity contribution in [1.82, 2.24) is 25.2 Å². The summed E-state index contributed by atoms with van der Waals surface area (Å²) in [7, 11) is 0. The van der Waals surface area contributed by atoms with E-state index in [2.05, 4.69) is 20.5 Å². The maximum atomic E-state index is 12.5. The molecule has 1 aliphatic rings. The molecule has 0 radical (unpaired) electrons. The van der Waals surface area contributed by atoms with Gasteiger partial charge in [0.1, 0.15) is 5.76 Å². The van der Waals surface area contributed by atoms with Crippen LogP contribution in [0.2, 0.25) is 0 Å². The summed E-state index contributed by atoms with van der Waals surface area (Å²) >= 11 is 0. The Labute approximate surface area is 165 Å². The van der Waals surface area contributed by atoms with E-state index in [1.807, 2.05) is 26.0 Å². The van der Waals surface area contributed by atoms with Crippen LogP contribution >= 0.6 is 0 Å². The highest BCUT2D eigenvalue weighted by Crippen LogP contribution is 2.24. The molecule has 3 rings (SSSR count). The number of carbonyl (C=O) groups excluding carboxylic acids is 1. The van der Waals surface area contributed by atoms with Gasteiger partial charge >= 0.3 is 0 Å². The molecule has 9 heteroatoms. The van der Waals surface area contributed by atoms with E-state index < -0.39 is 6.29 Å². The van der Waals surface area contributed by atoms with Crippen LogP contribution in [0, 0.1) is 0 Å². The van der Waals surface area contributed by atoms with E-state index >= 15 is 0 Å². The van der Waals surface area contributed by atoms with Crippen molar-refractivity contribution in [1.29, 1.82) is 0 Å². The van der Waals surface area contributed by atoms with Gasteiger partial charge in [0.2, 0.25) is 0 Å². The quantitative estimate of drug-likeness (QED) is 0.584. The third kappa shape index (κ3) is 5.40. The summed E-state index contributed by atoms with van der Waals surface area (Å²) < 4.78 is 18.2. The fraction of sp³-hybridized carbons (Fsp3) is 0.632. The van der Waals surface area contributed by atoms with Gasteiger partial charge < -0.3 is 19.2 Å². The first-order chi connectivity index (χ1) is 13.7. The normalized spacial score (nSPS) is 16.0. The van der Waals surface area contributed by atoms with Crippen molar-refractivity contribution in [3.05, 3.63) is 36.0 Å². The molecule has 1 amide bonds. The smallest absolute Gasteiger partial charge is 0.273 e. The lowest BCUT2D eigenvalue weighted by Crippen LogP contribution is -2.36. The van der Waals surface area contributed by atoms with E-state index in [0.717, 1.165) is 18.8 Å². The second-order valence-corrected chi connectivity index (χ2v) is 6.65. The molecule has 1 aliphatic heterocycles. The molecule has 1 saturated heterocycles. The minimum atomic E-state index is -0.411. The monoisotopic (exact) mass is 391 g/mol. The van der Waals surface area contributed by atoms with Gasteiger partial charge in [-0.05, 0) is 51.9 Å². The van der Waals surface area contributed by atoms with Crippen molar-refractivity contribution in [2.24, 2.45) is 0 Å². The molecular weight excluding hydrogens is 362 g/mol. The largest absolute Gasteiger partial charge is 0.468 e. The van der Waals surface area contributed by atoms with Crippen molar-refractivity contribution in [3.8, 4) is 0 Å². The van der Waals surface area contributed by atoms with Gasteiger partial charge in [0, 0.05) is 19.8 Å². The third-order valence-corrected chi connectivity index (χ3v) is 4.72. The van der Waals surface area contributed by atoms with Crippen LogP contribution in [0.25, 0.3) is 0 Å². The highest BCUT2D eigenvalue weighted by molar-refractivity contribution is 5.91. The molecule has 154 valence electrons. The van der Waals surface area contributed by atoms with Crippen LogP contribution in [0.15, 0.2) is 29.0 Å². The van der Waals surface area contributed by atoms with Crippen LogP contribution in [0.4, 0.5) is 0 Å². The molecule has 0 spiro atoms. The van der Waals surface area contributed by atoms with Crippen molar-refractivity contribution < 1.29 is 18.7 Å². The van der Waals surface area contributed by atoms with E-state index in [9.17, 15) is 4.79 Å². The lowest BCUT2D eigenvalue weighted by atomic mass is 10.2. The van der Waals surface area contributed by atoms with E-state index in [-0.39, 0.29) is 17.6 Å². The van der Waals surface area contributed by atoms with Gasteiger partial charge in [0.05, 0.1) is 25.0 Å². The fourth-order valence-electron chi connectivity index (χ4n) is 3.39. The molecule has 1 fully saturated rings. The Balaban J connectivity index is 1.57. The summed E-state index contributed by atoms with van der Waals surface area (Å²) in [5, 5.41) is 11.0. The molecule has 28 heavy (non-hydrogen) atoms. The number of nitrogens with zero attached hydrogens (tertiary/aromatic N) is 4. The first kappa shape index (κ1) is 20.5. The van der Waals surface area contributed by atoms with E-state index in [1.54, 1.807) is 17.1 Å². The molecule has 3 heterocycles. The number of aromatic nitrogens is 3. The summed E-state index contributed by atoms with van der Waals surface area (Å²) in [5.41, 5.74) is 0.270. The minimum absolute atomic E-state index is 0.0248. The van der Waals surface area contributed by atoms with Crippen LogP contribution in [0.3, 0.4) is 0 Å². The maximum Gasteiger partial charge on any atom is 0.273 e. The maximum absolute atomic E-state index is 12.5. The number of amides is 1. The SMILES string of the molecule is CCOC(Cn1cc(C(=O)NCC(c2ccco2)N2CCCC2)nn1)OCC. The zero-order chi connectivity index (χ0) is 19.8. The van der Waals surface area contributed by atoms with Crippen LogP contribution in [0.1, 0.15) is 49.0 Å². The zero-order valence-electron chi connectivity index (χ0n) is 16.5. The van der Waals surface area contributed by atoms with Crippen LogP contribution in [-0.4, -0.2) is 64.9 Å². The molecule has 1 atom stereocenters. The summed E-state index contributed by atoms with van der Waals surface area (Å²) in [6.45, 7) is 7.74. The minimum Gasteiger partial charge on any atom is -0.468 e. The zero-order valence-corrected chi connectivity index (χ0v) is 16.5. The number of nitrogens with one attached hydrogen (secondary N) is 1. The molecule has 9 nitrogen and oxygen atoms in total. The lowest BCUT2D eigenvalue weighted by Gasteiger charge is -2.25. The van der Waals surface area contributed by atoms with Crippen molar-refractivity contribution in [3.63, 3.8) is 0 Å². The van der Waals surface area contributed by atoms with Gasteiger partial charge in [-0.3, -0.25) is 9.69 Å². The number of hydrogen-bond acceptors (Lipinski definition) is 7. The Morgan fingerprint density at radius 3 is 2.68 bits per heavy atom. The Morgan fingerprint density at radius 1 is 1.29 bits per heavy atom. The predicted octanol–water partition coefficient (Wildman–Crippen LogP) is 1.84. The van der Waals surface area contributed by atoms with Gasteiger partial charge in [-0.15, -0.1) is 5.10 Å². The molecule has 2 aromatic heterocycles. The molecule has 0 saturated carbocycles. The van der Waals surface area contributed by atoms with Crippen molar-refractivity contribution in [2.75, 3.05) is 32.8 Å². The number of hydrogen-bond donors (Lipinski definition) is 1. The van der Waals surface area contributed by atoms with Crippen molar-refractivity contribution >= 4 is 5.91 Å². The van der Waals surface area contributed by atoms with E-state index in [1.165, 1.54) is 12.8 Å². The number of likely N-dealkylation sites (tertiary alicyclic amines) is 1. The summed E-state index contributed by atoms with van der Waals surface area (Å²) in [5.74, 6) is 0.605. The number of carbonyl (C=O) groups is 1. The van der Waals surface area contributed by atoms with Crippen LogP contribution < -0.4 is 5.32 Å². The van der Waals surface area contributed by atoms with Gasteiger partial charge in [-0.1, -0.05) is 5.21 Å². The summed E-state index contributed by atoms with van der Waals surface area (Å²) in [4.78, 5) is 14.9. The Bertz CT molecular complexity index is 706. The highest BCUT2D eigenvalue weighted by Gasteiger charge is 2.26. The summed E-state index contributed by atoms with van der Waals surface area (Å²) in [6.07, 6.45) is 5.20. The molecule has 1 N–H and O–H groups in total.